The van der Waals surface area contributed by atoms with E-state index in [1.807, 2.05) is 42.7 Å². The molecule has 5 nitrogen and oxygen atoms in total. The molecule has 0 fully saturated rings. The maximum absolute atomic E-state index is 11.9. The summed E-state index contributed by atoms with van der Waals surface area (Å²) < 4.78 is 0. The number of aromatic nitrogens is 1. The lowest BCUT2D eigenvalue weighted by Gasteiger charge is -2.19. The Bertz CT molecular complexity index is 874. The van der Waals surface area contributed by atoms with Crippen molar-refractivity contribution in [2.75, 3.05) is 0 Å². The molecule has 0 saturated heterocycles. The molecule has 4 rings (SSSR count). The number of pyridine rings is 1. The highest BCUT2D eigenvalue weighted by Crippen LogP contribution is 2.25. The summed E-state index contributed by atoms with van der Waals surface area (Å²) in [6.45, 7) is 11.6. The summed E-state index contributed by atoms with van der Waals surface area (Å²) in [5.41, 5.74) is 4.87. The van der Waals surface area contributed by atoms with Crippen molar-refractivity contribution in [2.45, 2.75) is 74.6 Å². The number of fused-ring (bicyclic) bond motifs is 2. The lowest BCUT2D eigenvalue weighted by molar-refractivity contribution is 0.0722. The van der Waals surface area contributed by atoms with Crippen molar-refractivity contribution in [3.8, 4) is 0 Å². The standard InChI is InChI=1S/C12H15NO.C10H12N2O.2CH4/c1-8(2)13-7-10-5-4-9(3)6-11(10)12(13)14;1-7(2)12-6-9-8(10(12)13)4-3-5-11-9;;/h4-6,8H,7H2,1-3H3;3-5,7H,6H2,1-2H3;2*1H4. The van der Waals surface area contributed by atoms with Crippen LogP contribution in [0.5, 0.6) is 0 Å². The SMILES string of the molecule is C.C.CC(C)N1Cc2ncccc2C1=O.Cc1ccc2c(c1)C(=O)N(C(C)C)C2. The van der Waals surface area contributed by atoms with Gasteiger partial charge in [-0.25, -0.2) is 0 Å². The number of benzene rings is 1. The molecule has 5 heteroatoms. The van der Waals surface area contributed by atoms with Crippen LogP contribution in [0.3, 0.4) is 0 Å². The minimum Gasteiger partial charge on any atom is -0.332 e. The van der Waals surface area contributed by atoms with Gasteiger partial charge in [-0.2, -0.15) is 0 Å². The molecule has 2 aromatic rings. The highest BCUT2D eigenvalue weighted by molar-refractivity contribution is 5.99. The predicted octanol–water partition coefficient (Wildman–Crippen LogP) is 5.08. The molecule has 158 valence electrons. The highest BCUT2D eigenvalue weighted by Gasteiger charge is 2.30. The first-order valence-corrected chi connectivity index (χ1v) is 9.45. The Labute approximate surface area is 175 Å². The summed E-state index contributed by atoms with van der Waals surface area (Å²) in [5.74, 6) is 0.289. The maximum Gasteiger partial charge on any atom is 0.256 e. The number of nitrogens with zero attached hydrogens (tertiary/aromatic N) is 3. The third-order valence-corrected chi connectivity index (χ3v) is 5.05. The normalized spacial score (nSPS) is 14.2. The average molecular weight is 398 g/mol. The van der Waals surface area contributed by atoms with E-state index >= 15 is 0 Å². The first kappa shape index (κ1) is 24.3. The first-order valence-electron chi connectivity index (χ1n) is 9.45. The smallest absolute Gasteiger partial charge is 0.256 e. The van der Waals surface area contributed by atoms with Crippen LogP contribution in [0, 0.1) is 6.92 Å². The molecule has 1 aromatic carbocycles. The summed E-state index contributed by atoms with van der Waals surface area (Å²) in [6, 6.07) is 10.3. The van der Waals surface area contributed by atoms with E-state index in [0.29, 0.717) is 6.54 Å². The van der Waals surface area contributed by atoms with Crippen molar-refractivity contribution in [3.63, 3.8) is 0 Å². The third-order valence-electron chi connectivity index (χ3n) is 5.05. The Balaban J connectivity index is 0.000000272. The molecule has 2 aliphatic heterocycles. The van der Waals surface area contributed by atoms with Crippen LogP contribution in [-0.4, -0.2) is 38.7 Å². The molecule has 0 saturated carbocycles. The van der Waals surface area contributed by atoms with Crippen LogP contribution in [0.25, 0.3) is 0 Å². The van der Waals surface area contributed by atoms with E-state index < -0.39 is 0 Å². The van der Waals surface area contributed by atoms with E-state index in [0.717, 1.165) is 34.5 Å². The van der Waals surface area contributed by atoms with Crippen LogP contribution in [-0.2, 0) is 13.1 Å². The van der Waals surface area contributed by atoms with Crippen LogP contribution in [0.4, 0.5) is 0 Å². The fourth-order valence-electron chi connectivity index (χ4n) is 3.42. The zero-order valence-corrected chi connectivity index (χ0v) is 16.7. The van der Waals surface area contributed by atoms with Crippen molar-refractivity contribution >= 4 is 11.8 Å². The molecular formula is C24H35N3O2. The summed E-state index contributed by atoms with van der Waals surface area (Å²) in [6.07, 6.45) is 1.73. The van der Waals surface area contributed by atoms with Crippen molar-refractivity contribution in [1.29, 1.82) is 0 Å². The minimum absolute atomic E-state index is 0. The lowest BCUT2D eigenvalue weighted by Crippen LogP contribution is -2.30. The molecule has 0 bridgehead atoms. The van der Waals surface area contributed by atoms with Gasteiger partial charge in [0.15, 0.2) is 0 Å². The van der Waals surface area contributed by atoms with Crippen LogP contribution >= 0.6 is 0 Å². The van der Waals surface area contributed by atoms with Crippen molar-refractivity contribution in [1.82, 2.24) is 14.8 Å². The monoisotopic (exact) mass is 397 g/mol. The van der Waals surface area contributed by atoms with Gasteiger partial charge in [0, 0.05) is 30.4 Å². The Kier molecular flexibility index (Phi) is 8.13. The maximum atomic E-state index is 11.9. The van der Waals surface area contributed by atoms with Crippen molar-refractivity contribution in [2.24, 2.45) is 0 Å². The number of amides is 2. The van der Waals surface area contributed by atoms with Crippen molar-refractivity contribution < 1.29 is 9.59 Å². The molecule has 1 aromatic heterocycles. The van der Waals surface area contributed by atoms with Gasteiger partial charge in [0.25, 0.3) is 11.8 Å². The number of hydrogen-bond acceptors (Lipinski definition) is 3. The summed E-state index contributed by atoms with van der Waals surface area (Å²) in [7, 11) is 0. The molecule has 2 aliphatic rings. The molecule has 0 radical (unpaired) electrons. The van der Waals surface area contributed by atoms with Gasteiger partial charge < -0.3 is 9.80 Å². The molecule has 0 atom stereocenters. The van der Waals surface area contributed by atoms with Gasteiger partial charge >= 0.3 is 0 Å². The summed E-state index contributed by atoms with van der Waals surface area (Å²) in [4.78, 5) is 31.6. The number of rotatable bonds is 2. The number of carbonyl (C=O) groups excluding carboxylic acids is 2. The molecule has 2 amide bonds. The largest absolute Gasteiger partial charge is 0.332 e. The third kappa shape index (κ3) is 4.84. The number of aryl methyl sites for hydroxylation is 1. The van der Waals surface area contributed by atoms with Gasteiger partial charge in [0.1, 0.15) is 0 Å². The molecule has 29 heavy (non-hydrogen) atoms. The lowest BCUT2D eigenvalue weighted by atomic mass is 10.1. The molecule has 0 aliphatic carbocycles. The zero-order chi connectivity index (χ0) is 19.7. The van der Waals surface area contributed by atoms with E-state index in [2.05, 4.69) is 31.0 Å². The minimum atomic E-state index is 0. The first-order chi connectivity index (χ1) is 12.8. The topological polar surface area (TPSA) is 53.5 Å². The Morgan fingerprint density at radius 3 is 2.03 bits per heavy atom. The fourth-order valence-corrected chi connectivity index (χ4v) is 3.42. The van der Waals surface area contributed by atoms with Gasteiger partial charge in [-0.3, -0.25) is 14.6 Å². The van der Waals surface area contributed by atoms with Gasteiger partial charge in [-0.1, -0.05) is 32.5 Å². The molecule has 3 heterocycles. The van der Waals surface area contributed by atoms with Crippen LogP contribution in [0.15, 0.2) is 36.5 Å². The predicted molar refractivity (Wildman–Crippen MR) is 119 cm³/mol. The van der Waals surface area contributed by atoms with Gasteiger partial charge in [-0.15, -0.1) is 0 Å². The van der Waals surface area contributed by atoms with Crippen LogP contribution < -0.4 is 0 Å². The Morgan fingerprint density at radius 1 is 0.862 bits per heavy atom. The Morgan fingerprint density at radius 2 is 1.45 bits per heavy atom. The van der Waals surface area contributed by atoms with E-state index in [-0.39, 0.29) is 38.8 Å². The van der Waals surface area contributed by atoms with Crippen molar-refractivity contribution in [3.05, 3.63) is 64.5 Å². The van der Waals surface area contributed by atoms with Crippen LogP contribution in [0.1, 0.15) is 80.1 Å². The quantitative estimate of drug-likeness (QED) is 0.710. The second kappa shape index (κ2) is 9.68. The number of hydrogen-bond donors (Lipinski definition) is 0. The summed E-state index contributed by atoms with van der Waals surface area (Å²) >= 11 is 0. The molecule has 0 spiro atoms. The van der Waals surface area contributed by atoms with Gasteiger partial charge in [0.2, 0.25) is 0 Å². The second-order valence-electron chi connectivity index (χ2n) is 7.71. The molecule has 0 N–H and O–H groups in total. The second-order valence-corrected chi connectivity index (χ2v) is 7.71. The van der Waals surface area contributed by atoms with E-state index in [1.54, 1.807) is 12.3 Å². The number of carbonyl (C=O) groups is 2. The molecular weight excluding hydrogens is 362 g/mol. The fraction of sp³-hybridized carbons (Fsp3) is 0.458. The highest BCUT2D eigenvalue weighted by atomic mass is 16.2. The van der Waals surface area contributed by atoms with Gasteiger partial charge in [0.05, 0.1) is 17.8 Å². The molecule has 0 unspecified atom stereocenters. The van der Waals surface area contributed by atoms with E-state index in [1.165, 1.54) is 0 Å². The summed E-state index contributed by atoms with van der Waals surface area (Å²) in [5, 5.41) is 0. The van der Waals surface area contributed by atoms with E-state index in [4.69, 9.17) is 0 Å². The van der Waals surface area contributed by atoms with E-state index in [9.17, 15) is 9.59 Å². The average Bonchev–Trinajstić information content (AvgIpc) is 3.14. The van der Waals surface area contributed by atoms with Crippen LogP contribution in [0.2, 0.25) is 0 Å². The zero-order valence-electron chi connectivity index (χ0n) is 16.7. The Hall–Kier alpha value is -2.69. The van der Waals surface area contributed by atoms with Gasteiger partial charge in [-0.05, 0) is 58.4 Å².